The summed E-state index contributed by atoms with van der Waals surface area (Å²) in [6.07, 6.45) is 4.30. The van der Waals surface area contributed by atoms with Gasteiger partial charge in [-0.1, -0.05) is 6.92 Å². The highest BCUT2D eigenvalue weighted by Gasteiger charge is 2.54. The molecule has 2 heteroatoms. The summed E-state index contributed by atoms with van der Waals surface area (Å²) in [5.41, 5.74) is 0.309. The summed E-state index contributed by atoms with van der Waals surface area (Å²) in [5.74, 6) is 0. The minimum Gasteiger partial charge on any atom is -0.366 e. The van der Waals surface area contributed by atoms with Crippen molar-refractivity contribution < 1.29 is 4.74 Å². The molecule has 0 aliphatic carbocycles. The second-order valence-electron chi connectivity index (χ2n) is 4.62. The van der Waals surface area contributed by atoms with E-state index in [4.69, 9.17) is 4.74 Å². The first kappa shape index (κ1) is 9.47. The lowest BCUT2D eigenvalue weighted by atomic mass is 9.93. The van der Waals surface area contributed by atoms with Crippen molar-refractivity contribution >= 4 is 0 Å². The highest BCUT2D eigenvalue weighted by Crippen LogP contribution is 2.45. The van der Waals surface area contributed by atoms with Gasteiger partial charge in [0.25, 0.3) is 0 Å². The van der Waals surface area contributed by atoms with Gasteiger partial charge in [-0.05, 0) is 33.1 Å². The molecule has 2 rings (SSSR count). The van der Waals surface area contributed by atoms with E-state index >= 15 is 0 Å². The normalized spacial score (nSPS) is 34.8. The molecule has 2 saturated heterocycles. The molecule has 2 aliphatic rings. The van der Waals surface area contributed by atoms with Crippen molar-refractivity contribution in [2.75, 3.05) is 13.1 Å². The van der Waals surface area contributed by atoms with E-state index in [-0.39, 0.29) is 0 Å². The first-order valence-electron chi connectivity index (χ1n) is 5.60. The molecule has 2 nitrogen and oxygen atoms in total. The van der Waals surface area contributed by atoms with Crippen molar-refractivity contribution in [2.24, 2.45) is 0 Å². The molecule has 2 unspecified atom stereocenters. The highest BCUT2D eigenvalue weighted by atomic mass is 16.6. The zero-order chi connectivity index (χ0) is 9.47. The van der Waals surface area contributed by atoms with Crippen molar-refractivity contribution in [2.45, 2.75) is 57.8 Å². The van der Waals surface area contributed by atoms with Gasteiger partial charge in [-0.15, -0.1) is 0 Å². The molecule has 2 heterocycles. The van der Waals surface area contributed by atoms with Crippen LogP contribution in [0.1, 0.15) is 40.0 Å². The molecular weight excluding hydrogens is 162 g/mol. The van der Waals surface area contributed by atoms with E-state index in [2.05, 4.69) is 25.7 Å². The third kappa shape index (κ3) is 1.62. The van der Waals surface area contributed by atoms with Crippen LogP contribution >= 0.6 is 0 Å². The molecule has 0 saturated carbocycles. The van der Waals surface area contributed by atoms with E-state index in [0.717, 1.165) is 6.04 Å². The summed E-state index contributed by atoms with van der Waals surface area (Å²) in [7, 11) is 0. The molecule has 0 N–H and O–H groups in total. The lowest BCUT2D eigenvalue weighted by Crippen LogP contribution is -2.43. The molecule has 2 aliphatic heterocycles. The van der Waals surface area contributed by atoms with Crippen LogP contribution in [0.3, 0.4) is 0 Å². The van der Waals surface area contributed by atoms with Gasteiger partial charge in [-0.2, -0.15) is 0 Å². The van der Waals surface area contributed by atoms with Crippen LogP contribution in [-0.4, -0.2) is 35.7 Å². The maximum atomic E-state index is 5.68. The maximum absolute atomic E-state index is 5.68. The Morgan fingerprint density at radius 2 is 2.00 bits per heavy atom. The summed E-state index contributed by atoms with van der Waals surface area (Å²) in [6, 6.07) is 0.756. The van der Waals surface area contributed by atoms with E-state index in [1.807, 2.05) is 0 Å². The SMILES string of the molecule is CCC(C)N1CCC2(CC1)OC2C. The summed E-state index contributed by atoms with van der Waals surface area (Å²) in [5, 5.41) is 0. The van der Waals surface area contributed by atoms with E-state index in [1.54, 1.807) is 0 Å². The van der Waals surface area contributed by atoms with Gasteiger partial charge in [0.2, 0.25) is 0 Å². The Hall–Kier alpha value is -0.0800. The average Bonchev–Trinajstić information content (AvgIpc) is 2.76. The van der Waals surface area contributed by atoms with Crippen LogP contribution in [0.5, 0.6) is 0 Å². The second-order valence-corrected chi connectivity index (χ2v) is 4.62. The zero-order valence-electron chi connectivity index (χ0n) is 9.05. The van der Waals surface area contributed by atoms with Crippen LogP contribution in [0.4, 0.5) is 0 Å². The first-order chi connectivity index (χ1) is 6.18. The number of likely N-dealkylation sites (tertiary alicyclic amines) is 1. The van der Waals surface area contributed by atoms with Crippen LogP contribution in [0.15, 0.2) is 0 Å². The van der Waals surface area contributed by atoms with Gasteiger partial charge < -0.3 is 9.64 Å². The molecule has 0 radical (unpaired) electrons. The molecular formula is C11H21NO. The predicted octanol–water partition coefficient (Wildman–Crippen LogP) is 2.04. The molecule has 0 aromatic rings. The predicted molar refractivity (Wildman–Crippen MR) is 53.8 cm³/mol. The fourth-order valence-corrected chi connectivity index (χ4v) is 2.44. The van der Waals surface area contributed by atoms with Gasteiger partial charge in [0.1, 0.15) is 0 Å². The number of epoxide rings is 1. The Labute approximate surface area is 81.3 Å². The van der Waals surface area contributed by atoms with Crippen LogP contribution in [0.2, 0.25) is 0 Å². The monoisotopic (exact) mass is 183 g/mol. The van der Waals surface area contributed by atoms with Crippen LogP contribution in [0.25, 0.3) is 0 Å². The Morgan fingerprint density at radius 3 is 2.38 bits per heavy atom. The summed E-state index contributed by atoms with van der Waals surface area (Å²) < 4.78 is 5.68. The highest BCUT2D eigenvalue weighted by molar-refractivity contribution is 5.03. The Balaban J connectivity index is 1.83. The minimum atomic E-state index is 0.309. The Morgan fingerprint density at radius 1 is 1.46 bits per heavy atom. The third-order valence-electron chi connectivity index (χ3n) is 3.95. The number of rotatable bonds is 2. The topological polar surface area (TPSA) is 15.8 Å². The molecule has 76 valence electrons. The lowest BCUT2D eigenvalue weighted by Gasteiger charge is -2.34. The van der Waals surface area contributed by atoms with Gasteiger partial charge in [0.05, 0.1) is 11.7 Å². The average molecular weight is 183 g/mol. The maximum Gasteiger partial charge on any atom is 0.0969 e. The van der Waals surface area contributed by atoms with Gasteiger partial charge in [-0.3, -0.25) is 0 Å². The van der Waals surface area contributed by atoms with Gasteiger partial charge in [0, 0.05) is 19.1 Å². The molecule has 13 heavy (non-hydrogen) atoms. The zero-order valence-corrected chi connectivity index (χ0v) is 9.05. The summed E-state index contributed by atoms with van der Waals surface area (Å²) in [6.45, 7) is 9.28. The number of ether oxygens (including phenoxy) is 1. The van der Waals surface area contributed by atoms with E-state index in [1.165, 1.54) is 32.4 Å². The fourth-order valence-electron chi connectivity index (χ4n) is 2.44. The van der Waals surface area contributed by atoms with Gasteiger partial charge in [-0.25, -0.2) is 0 Å². The van der Waals surface area contributed by atoms with Crippen molar-refractivity contribution in [1.29, 1.82) is 0 Å². The fraction of sp³-hybridized carbons (Fsp3) is 1.00. The molecule has 2 atom stereocenters. The van der Waals surface area contributed by atoms with Crippen molar-refractivity contribution in [3.05, 3.63) is 0 Å². The first-order valence-corrected chi connectivity index (χ1v) is 5.60. The number of nitrogens with zero attached hydrogens (tertiary/aromatic N) is 1. The van der Waals surface area contributed by atoms with Crippen molar-refractivity contribution in [1.82, 2.24) is 4.90 Å². The minimum absolute atomic E-state index is 0.309. The largest absolute Gasteiger partial charge is 0.366 e. The molecule has 0 bridgehead atoms. The molecule has 0 aromatic carbocycles. The summed E-state index contributed by atoms with van der Waals surface area (Å²) >= 11 is 0. The third-order valence-corrected chi connectivity index (χ3v) is 3.95. The van der Waals surface area contributed by atoms with Gasteiger partial charge >= 0.3 is 0 Å². The number of piperidine rings is 1. The Kier molecular flexibility index (Phi) is 2.37. The van der Waals surface area contributed by atoms with Crippen molar-refractivity contribution in [3.8, 4) is 0 Å². The van der Waals surface area contributed by atoms with E-state index in [9.17, 15) is 0 Å². The van der Waals surface area contributed by atoms with Crippen molar-refractivity contribution in [3.63, 3.8) is 0 Å². The van der Waals surface area contributed by atoms with Gasteiger partial charge in [0.15, 0.2) is 0 Å². The molecule has 2 fully saturated rings. The summed E-state index contributed by atoms with van der Waals surface area (Å²) in [4.78, 5) is 2.60. The second kappa shape index (κ2) is 3.25. The Bertz CT molecular complexity index is 185. The lowest BCUT2D eigenvalue weighted by molar-refractivity contribution is 0.113. The van der Waals surface area contributed by atoms with Crippen LogP contribution < -0.4 is 0 Å². The van der Waals surface area contributed by atoms with E-state index < -0.39 is 0 Å². The van der Waals surface area contributed by atoms with E-state index in [0.29, 0.717) is 11.7 Å². The molecule has 0 aromatic heterocycles. The quantitative estimate of drug-likeness (QED) is 0.609. The standard InChI is InChI=1S/C11H21NO/c1-4-9(2)12-7-5-11(6-8-12)10(3)13-11/h9-10H,4-8H2,1-3H3. The number of hydrogen-bond acceptors (Lipinski definition) is 2. The smallest absolute Gasteiger partial charge is 0.0969 e. The number of hydrogen-bond donors (Lipinski definition) is 0. The van der Waals surface area contributed by atoms with Crippen LogP contribution in [0, 0.1) is 0 Å². The molecule has 1 spiro atoms. The molecule has 0 amide bonds. The van der Waals surface area contributed by atoms with Crippen LogP contribution in [-0.2, 0) is 4.74 Å².